The molecule has 0 atom stereocenters. The number of hydrogen-bond donors (Lipinski definition) is 0. The van der Waals surface area contributed by atoms with Gasteiger partial charge in [0.05, 0.1) is 17.0 Å². The fourth-order valence-electron chi connectivity index (χ4n) is 4.59. The van der Waals surface area contributed by atoms with Gasteiger partial charge in [0.1, 0.15) is 13.7 Å². The van der Waals surface area contributed by atoms with Crippen molar-refractivity contribution < 1.29 is 14.1 Å². The lowest BCUT2D eigenvalue weighted by Gasteiger charge is -2.17. The van der Waals surface area contributed by atoms with Crippen molar-refractivity contribution in [3.05, 3.63) is 77.4 Å². The van der Waals surface area contributed by atoms with Gasteiger partial charge in [-0.25, -0.2) is 0 Å². The fourth-order valence-corrected chi connectivity index (χ4v) is 5.65. The Kier molecular flexibility index (Phi) is 6.33. The van der Waals surface area contributed by atoms with Gasteiger partial charge in [0.2, 0.25) is 5.69 Å². The second kappa shape index (κ2) is 9.15. The van der Waals surface area contributed by atoms with Crippen molar-refractivity contribution in [2.24, 2.45) is 0 Å². The second-order valence-corrected chi connectivity index (χ2v) is 9.42. The number of carbonyl (C=O) groups excluding carboxylic acids is 1. The van der Waals surface area contributed by atoms with Gasteiger partial charge in [-0.05, 0) is 36.8 Å². The molecule has 1 fully saturated rings. The molecule has 2 aromatic rings. The van der Waals surface area contributed by atoms with E-state index in [1.807, 2.05) is 11.8 Å². The normalized spacial score (nSPS) is 19.3. The van der Waals surface area contributed by atoms with Crippen molar-refractivity contribution in [3.63, 3.8) is 0 Å². The van der Waals surface area contributed by atoms with E-state index in [1.165, 1.54) is 32.8 Å². The second-order valence-electron chi connectivity index (χ2n) is 8.30. The van der Waals surface area contributed by atoms with E-state index >= 15 is 0 Å². The highest BCUT2D eigenvalue weighted by Gasteiger charge is 2.43. The lowest BCUT2D eigenvalue weighted by molar-refractivity contribution is -0.401. The molecule has 160 valence electrons. The zero-order valence-corrected chi connectivity index (χ0v) is 19.2. The molecular weight excluding hydrogens is 404 g/mol. The molecule has 2 heterocycles. The van der Waals surface area contributed by atoms with Gasteiger partial charge in [0.25, 0.3) is 6.47 Å². The van der Waals surface area contributed by atoms with E-state index in [1.54, 1.807) is 0 Å². The third-order valence-corrected chi connectivity index (χ3v) is 7.16. The highest BCUT2D eigenvalue weighted by Crippen LogP contribution is 2.43. The zero-order valence-electron chi connectivity index (χ0n) is 18.4. The minimum Gasteiger partial charge on any atom is -0.466 e. The van der Waals surface area contributed by atoms with E-state index in [9.17, 15) is 4.79 Å². The summed E-state index contributed by atoms with van der Waals surface area (Å²) in [6, 6.07) is 13.1. The molecule has 0 unspecified atom stereocenters. The van der Waals surface area contributed by atoms with Crippen LogP contribution >= 0.6 is 11.8 Å². The molecule has 0 spiro atoms. The Morgan fingerprint density at radius 1 is 1.16 bits per heavy atom. The maximum absolute atomic E-state index is 10.3. The van der Waals surface area contributed by atoms with Gasteiger partial charge >= 0.3 is 0 Å². The molecule has 0 bridgehead atoms. The van der Waals surface area contributed by atoms with Crippen LogP contribution in [-0.4, -0.2) is 54.2 Å². The van der Waals surface area contributed by atoms with Crippen LogP contribution in [0.3, 0.4) is 0 Å². The van der Waals surface area contributed by atoms with Gasteiger partial charge in [-0.15, -0.1) is 11.8 Å². The van der Waals surface area contributed by atoms with Gasteiger partial charge in [-0.1, -0.05) is 42.5 Å². The van der Waals surface area contributed by atoms with Crippen molar-refractivity contribution in [2.45, 2.75) is 19.3 Å². The molecule has 0 aromatic heterocycles. The van der Waals surface area contributed by atoms with Crippen LogP contribution in [0.5, 0.6) is 0 Å². The Bertz CT molecular complexity index is 1110. The van der Waals surface area contributed by atoms with E-state index in [2.05, 4.69) is 97.1 Å². The number of fused-ring (bicyclic) bond motifs is 3. The van der Waals surface area contributed by atoms with Gasteiger partial charge in [-0.2, -0.15) is 4.58 Å². The Hall–Kier alpha value is -2.79. The molecule has 0 saturated carbocycles. The van der Waals surface area contributed by atoms with Crippen LogP contribution < -0.4 is 0 Å². The zero-order chi connectivity index (χ0) is 21.8. The number of carbonyl (C=O) groups is 1. The molecule has 4 nitrogen and oxygen atoms in total. The van der Waals surface area contributed by atoms with E-state index in [0.717, 1.165) is 18.8 Å². The summed E-state index contributed by atoms with van der Waals surface area (Å²) in [6.07, 6.45) is 10.7. The summed E-state index contributed by atoms with van der Waals surface area (Å²) in [5.41, 5.74) is 3.91. The first-order valence-electron chi connectivity index (χ1n) is 10.7. The van der Waals surface area contributed by atoms with Gasteiger partial charge < -0.3 is 9.64 Å². The largest absolute Gasteiger partial charge is 0.466 e. The highest BCUT2D eigenvalue weighted by atomic mass is 32.2. The molecule has 5 heteroatoms. The van der Waals surface area contributed by atoms with Crippen molar-refractivity contribution in [2.75, 3.05) is 32.5 Å². The smallest absolute Gasteiger partial charge is 0.293 e. The van der Waals surface area contributed by atoms with E-state index in [0.29, 0.717) is 13.1 Å². The first-order chi connectivity index (χ1) is 15.0. The summed E-state index contributed by atoms with van der Waals surface area (Å²) in [5, 5.41) is 3.85. The molecule has 4 rings (SSSR count). The third kappa shape index (κ3) is 4.19. The van der Waals surface area contributed by atoms with Crippen molar-refractivity contribution in [3.8, 4) is 0 Å². The first-order valence-corrected chi connectivity index (χ1v) is 11.6. The van der Waals surface area contributed by atoms with Crippen LogP contribution in [0.4, 0.5) is 5.69 Å². The van der Waals surface area contributed by atoms with Gasteiger partial charge in [0.15, 0.2) is 5.71 Å². The molecular formula is C26H29N2O2S+. The molecule has 2 aliphatic rings. The highest BCUT2D eigenvalue weighted by molar-refractivity contribution is 8.03. The first kappa shape index (κ1) is 21.4. The van der Waals surface area contributed by atoms with Crippen LogP contribution in [-0.2, 0) is 14.9 Å². The Labute approximate surface area is 188 Å². The Morgan fingerprint density at radius 3 is 2.84 bits per heavy atom. The van der Waals surface area contributed by atoms with Crippen molar-refractivity contribution in [1.29, 1.82) is 0 Å². The average Bonchev–Trinajstić information content (AvgIpc) is 3.29. The molecule has 0 aliphatic carbocycles. The summed E-state index contributed by atoms with van der Waals surface area (Å²) < 4.78 is 7.14. The fraction of sp³-hybridized carbons (Fsp3) is 0.308. The Balaban J connectivity index is 1.51. The minimum atomic E-state index is -0.0650. The van der Waals surface area contributed by atoms with Gasteiger partial charge in [-0.3, -0.25) is 4.79 Å². The van der Waals surface area contributed by atoms with Crippen LogP contribution in [0, 0.1) is 0 Å². The quantitative estimate of drug-likeness (QED) is 0.266. The number of hydrogen-bond acceptors (Lipinski definition) is 4. The number of allylic oxidation sites excluding steroid dienone is 5. The molecule has 1 saturated heterocycles. The summed E-state index contributed by atoms with van der Waals surface area (Å²) in [5.74, 6) is 1.07. The summed E-state index contributed by atoms with van der Waals surface area (Å²) in [4.78, 5) is 12.6. The standard InChI is InChI=1S/C26H29N2O2S/c1-26(2)23(27(3)22-14-13-20-9-7-8-10-21(20)25(22)26)11-5-4-6-12-24-28(16-18-31-24)15-17-30-19-29/h4-14,19H,15-18H2,1-3H3/q+1. The topological polar surface area (TPSA) is 32.5 Å². The van der Waals surface area contributed by atoms with Crippen LogP contribution in [0.25, 0.3) is 10.8 Å². The summed E-state index contributed by atoms with van der Waals surface area (Å²) in [7, 11) is 2.15. The predicted octanol–water partition coefficient (Wildman–Crippen LogP) is 5.02. The average molecular weight is 434 g/mol. The van der Waals surface area contributed by atoms with Crippen molar-refractivity contribution in [1.82, 2.24) is 4.90 Å². The summed E-state index contributed by atoms with van der Waals surface area (Å²) in [6.45, 7) is 7.29. The number of rotatable bonds is 7. The van der Waals surface area contributed by atoms with Gasteiger partial charge in [0, 0.05) is 30.0 Å². The lowest BCUT2D eigenvalue weighted by atomic mass is 9.79. The minimum absolute atomic E-state index is 0.0650. The molecule has 0 radical (unpaired) electrons. The molecule has 0 N–H and O–H groups in total. The predicted molar refractivity (Wildman–Crippen MR) is 130 cm³/mol. The number of thioether (sulfide) groups is 1. The maximum Gasteiger partial charge on any atom is 0.293 e. The molecule has 0 amide bonds. The Morgan fingerprint density at radius 2 is 2.00 bits per heavy atom. The van der Waals surface area contributed by atoms with Crippen LogP contribution in [0.15, 0.2) is 71.8 Å². The number of nitrogens with zero attached hydrogens (tertiary/aromatic N) is 2. The summed E-state index contributed by atoms with van der Waals surface area (Å²) >= 11 is 1.84. The third-order valence-electron chi connectivity index (χ3n) is 6.08. The molecule has 31 heavy (non-hydrogen) atoms. The number of ether oxygens (including phenoxy) is 1. The number of benzene rings is 2. The molecule has 2 aliphatic heterocycles. The van der Waals surface area contributed by atoms with E-state index < -0.39 is 0 Å². The van der Waals surface area contributed by atoms with E-state index in [4.69, 9.17) is 4.74 Å². The SMILES string of the molecule is C[N+]1=C(/C=C/C=C/C=C2\SCCN2CCOC=O)C(C)(C)c2c1ccc1ccccc21. The molecule has 2 aromatic carbocycles. The van der Waals surface area contributed by atoms with Crippen LogP contribution in [0.1, 0.15) is 19.4 Å². The van der Waals surface area contributed by atoms with E-state index in [-0.39, 0.29) is 5.41 Å². The van der Waals surface area contributed by atoms with Crippen LogP contribution in [0.2, 0.25) is 0 Å². The van der Waals surface area contributed by atoms with Crippen molar-refractivity contribution >= 4 is 40.4 Å². The monoisotopic (exact) mass is 433 g/mol. The maximum atomic E-state index is 10.3. The lowest BCUT2D eigenvalue weighted by Crippen LogP contribution is -2.26.